The molecule has 2 aliphatic rings. The van der Waals surface area contributed by atoms with Gasteiger partial charge in [-0.3, -0.25) is 4.90 Å². The number of halogens is 1. The summed E-state index contributed by atoms with van der Waals surface area (Å²) in [4.78, 5) is 21.2. The molecule has 2 bridgehead atoms. The number of hydrogen-bond donors (Lipinski definition) is 0. The number of nitrogens with zero attached hydrogens (tertiary/aromatic N) is 3. The van der Waals surface area contributed by atoms with Gasteiger partial charge in [0.15, 0.2) is 0 Å². The molecular formula is C24H31FN3O4ReS2-5. The maximum Gasteiger partial charge on any atom is 0.335 e. The molecule has 0 aromatic heterocycles. The summed E-state index contributed by atoms with van der Waals surface area (Å²) >= 11 is 9.98. The smallest absolute Gasteiger partial charge is 0.335 e. The molecule has 0 aliphatic carbocycles. The van der Waals surface area contributed by atoms with Crippen LogP contribution in [0.5, 0.6) is 0 Å². The summed E-state index contributed by atoms with van der Waals surface area (Å²) in [7, 11) is 1.41. The molecule has 1 fully saturated rings. The van der Waals surface area contributed by atoms with Gasteiger partial charge in [-0.05, 0) is 67.9 Å². The largest absolute Gasteiger partial charge is 2.00 e. The predicted molar refractivity (Wildman–Crippen MR) is 132 cm³/mol. The molecule has 3 rings (SSSR count). The Kier molecular flexibility index (Phi) is 14.7. The first kappa shape index (κ1) is 32.1. The number of methoxy groups -OCH3 is 1. The molecule has 1 aromatic rings. The minimum atomic E-state index is -0.314. The van der Waals surface area contributed by atoms with Crippen molar-refractivity contribution in [2.45, 2.75) is 37.8 Å². The molecule has 0 N–H and O–H groups in total. The Morgan fingerprint density at radius 2 is 1.94 bits per heavy atom. The molecule has 11 heteroatoms. The van der Waals surface area contributed by atoms with Gasteiger partial charge in [-0.1, -0.05) is 12.1 Å². The normalized spacial score (nSPS) is 20.0. The zero-order chi connectivity index (χ0) is 23.8. The molecule has 0 saturated carbocycles. The molecule has 0 spiro atoms. The monoisotopic (exact) mass is 695 g/mol. The number of rotatable bonds is 12. The van der Waals surface area contributed by atoms with Crippen LogP contribution in [0.25, 0.3) is 5.57 Å². The van der Waals surface area contributed by atoms with Crippen LogP contribution in [0.3, 0.4) is 0 Å². The quantitative estimate of drug-likeness (QED) is 0.141. The van der Waals surface area contributed by atoms with Crippen LogP contribution in [0, 0.1) is 5.82 Å². The number of carbonyl (C=O) groups excluding carboxylic acids is 1. The summed E-state index contributed by atoms with van der Waals surface area (Å²) in [6, 6.07) is 6.67. The van der Waals surface area contributed by atoms with Crippen LogP contribution in [0.2, 0.25) is 0 Å². The Bertz CT molecular complexity index is 873. The summed E-state index contributed by atoms with van der Waals surface area (Å²) in [6.07, 6.45) is 3.50. The van der Waals surface area contributed by atoms with Crippen molar-refractivity contribution in [3.63, 3.8) is 0 Å². The van der Waals surface area contributed by atoms with Crippen molar-refractivity contribution in [2.75, 3.05) is 51.3 Å². The van der Waals surface area contributed by atoms with Gasteiger partial charge in [0, 0.05) is 52.1 Å². The van der Waals surface area contributed by atoms with Crippen LogP contribution in [0.15, 0.2) is 34.8 Å². The van der Waals surface area contributed by atoms with E-state index in [0.717, 1.165) is 49.9 Å². The van der Waals surface area contributed by atoms with Crippen LogP contribution < -0.4 is 5.11 Å². The first-order valence-corrected chi connectivity index (χ1v) is 12.6. The number of benzene rings is 1. The van der Waals surface area contributed by atoms with Gasteiger partial charge in [0.2, 0.25) is 0 Å². The molecule has 7 nitrogen and oxygen atoms in total. The second-order valence-electron chi connectivity index (χ2n) is 8.39. The molecule has 0 amide bonds. The van der Waals surface area contributed by atoms with E-state index in [-0.39, 0.29) is 56.2 Å². The third-order valence-electron chi connectivity index (χ3n) is 6.38. The summed E-state index contributed by atoms with van der Waals surface area (Å²) in [5.74, 6) is 0.242. The van der Waals surface area contributed by atoms with Crippen molar-refractivity contribution in [1.82, 2.24) is 9.80 Å². The van der Waals surface area contributed by atoms with Crippen LogP contribution in [0.4, 0.5) is 4.39 Å². The number of aliphatic imine (C=N–C) groups is 1. The fourth-order valence-corrected chi connectivity index (χ4v) is 5.28. The van der Waals surface area contributed by atoms with Gasteiger partial charge < -0.3 is 50.5 Å². The Morgan fingerprint density at radius 1 is 1.23 bits per heavy atom. The molecule has 2 heterocycles. The van der Waals surface area contributed by atoms with Gasteiger partial charge in [0.05, 0.1) is 12.7 Å². The van der Waals surface area contributed by atoms with E-state index >= 15 is 0 Å². The first-order valence-electron chi connectivity index (χ1n) is 11.4. The number of ether oxygens (including phenoxy) is 1. The topological polar surface area (TPSA) is 96.7 Å². The van der Waals surface area contributed by atoms with Crippen molar-refractivity contribution in [3.8, 4) is 0 Å². The van der Waals surface area contributed by atoms with Gasteiger partial charge in [-0.25, -0.2) is 9.18 Å². The van der Waals surface area contributed by atoms with Gasteiger partial charge in [-0.2, -0.15) is 11.5 Å². The molecule has 2 atom stereocenters. The minimum absolute atomic E-state index is 0. The van der Waals surface area contributed by atoms with E-state index in [1.54, 1.807) is 12.1 Å². The van der Waals surface area contributed by atoms with Crippen LogP contribution >= 0.6 is 0 Å². The third-order valence-corrected chi connectivity index (χ3v) is 6.74. The van der Waals surface area contributed by atoms with E-state index in [9.17, 15) is 14.3 Å². The summed E-state index contributed by atoms with van der Waals surface area (Å²) in [5, 5.41) is 12.0. The Morgan fingerprint density at radius 3 is 2.57 bits per heavy atom. The second-order valence-corrected chi connectivity index (χ2v) is 9.21. The maximum atomic E-state index is 13.4. The van der Waals surface area contributed by atoms with Crippen molar-refractivity contribution in [2.24, 2.45) is 4.99 Å². The van der Waals surface area contributed by atoms with Gasteiger partial charge >= 0.3 is 5.97 Å². The third kappa shape index (κ3) is 8.56. The molecule has 197 valence electrons. The Hall–Kier alpha value is -0.928. The number of hydrogen-bond acceptors (Lipinski definition) is 8. The van der Waals surface area contributed by atoms with E-state index in [2.05, 4.69) is 14.8 Å². The maximum absolute atomic E-state index is 13.4. The standard InChI is InChI=1S/C24H34FN3O3S2.O.Re/c1-31-24(30)23-20(17-3-5-18(25)6-4-17)15-19-7-8-21(23)28(19)11-2-10-27(12-14-33)16-22(29)26-9-13-32;;/h3-6,19,21,32-33H,2,7-16H2,1H3,(H,26,29);;/q;-2;/p-3. The fourth-order valence-electron chi connectivity index (χ4n) is 4.93. The molecule has 2 unspecified atom stereocenters. The van der Waals surface area contributed by atoms with Gasteiger partial charge in [-0.15, -0.1) is 0 Å². The minimum Gasteiger partial charge on any atom is -2.00 e. The van der Waals surface area contributed by atoms with Gasteiger partial charge in [0.1, 0.15) is 5.82 Å². The molecule has 1 saturated heterocycles. The average Bonchev–Trinajstić information content (AvgIpc) is 3.08. The molecule has 2 aliphatic heterocycles. The van der Waals surface area contributed by atoms with E-state index < -0.39 is 0 Å². The number of carbonyl (C=O) groups is 1. The van der Waals surface area contributed by atoms with E-state index in [4.69, 9.17) is 30.0 Å². The van der Waals surface area contributed by atoms with Crippen LogP contribution in [-0.4, -0.2) is 85.1 Å². The molecule has 1 aromatic carbocycles. The second kappa shape index (κ2) is 16.0. The van der Waals surface area contributed by atoms with E-state index in [1.807, 2.05) is 0 Å². The summed E-state index contributed by atoms with van der Waals surface area (Å²) < 4.78 is 18.6. The molecule has 1 radical (unpaired) electrons. The number of esters is 1. The Labute approximate surface area is 232 Å². The van der Waals surface area contributed by atoms with Crippen molar-refractivity contribution in [1.29, 1.82) is 0 Å². The Balaban J connectivity index is 0.00000306. The summed E-state index contributed by atoms with van der Waals surface area (Å²) in [6.45, 7) is 2.87. The van der Waals surface area contributed by atoms with Gasteiger partial charge in [0.25, 0.3) is 0 Å². The van der Waals surface area contributed by atoms with Crippen molar-refractivity contribution < 1.29 is 44.9 Å². The average molecular weight is 695 g/mol. The van der Waals surface area contributed by atoms with Crippen LogP contribution in [0.1, 0.15) is 31.2 Å². The van der Waals surface area contributed by atoms with Crippen molar-refractivity contribution >= 4 is 42.7 Å². The zero-order valence-corrected chi connectivity index (χ0v) is 24.1. The van der Waals surface area contributed by atoms with E-state index in [1.165, 1.54) is 19.2 Å². The molecular weight excluding hydrogens is 664 g/mol. The predicted octanol–water partition coefficient (Wildman–Crippen LogP) is 1.41. The zero-order valence-electron chi connectivity index (χ0n) is 19.8. The van der Waals surface area contributed by atoms with Crippen molar-refractivity contribution in [3.05, 3.63) is 41.2 Å². The van der Waals surface area contributed by atoms with Crippen LogP contribution in [-0.2, 0) is 60.7 Å². The van der Waals surface area contributed by atoms with E-state index in [0.29, 0.717) is 36.2 Å². The first-order chi connectivity index (χ1) is 16.0. The fraction of sp³-hybridized carbons (Fsp3) is 0.583. The number of fused-ring (bicyclic) bond motifs is 2. The molecule has 35 heavy (non-hydrogen) atoms. The summed E-state index contributed by atoms with van der Waals surface area (Å²) in [5.41, 5.74) is 2.54. The SMILES string of the molecule is COC(=O)C1=C(c2ccc(F)cc2)CC2CCC1N2CCCN(CC[S-])CC([O-])=NCC[S-].[O-2].[Re].